The molecule has 0 unspecified atom stereocenters. The highest BCUT2D eigenvalue weighted by Crippen LogP contribution is 2.76. The van der Waals surface area contributed by atoms with Crippen LogP contribution in [0.15, 0.2) is 11.6 Å². The summed E-state index contributed by atoms with van der Waals surface area (Å²) < 4.78 is 23.4. The number of aliphatic carboxylic acids is 1. The summed E-state index contributed by atoms with van der Waals surface area (Å²) in [6.45, 7) is 12.6. The van der Waals surface area contributed by atoms with Crippen LogP contribution in [0.25, 0.3) is 0 Å². The highest BCUT2D eigenvalue weighted by molar-refractivity contribution is 5.79. The zero-order chi connectivity index (χ0) is 41.8. The Bertz CT molecular complexity index is 1590. The van der Waals surface area contributed by atoms with Crippen LogP contribution < -0.4 is 0 Å². The van der Waals surface area contributed by atoms with Crippen LogP contribution >= 0.6 is 0 Å². The molecule has 0 bridgehead atoms. The molecule has 0 aromatic rings. The van der Waals surface area contributed by atoms with Gasteiger partial charge in [-0.2, -0.15) is 0 Å². The molecule has 0 spiro atoms. The fourth-order valence-electron chi connectivity index (χ4n) is 13.6. The molecule has 15 nitrogen and oxygen atoms in total. The van der Waals surface area contributed by atoms with Crippen molar-refractivity contribution in [1.29, 1.82) is 0 Å². The highest BCUT2D eigenvalue weighted by Gasteiger charge is 2.70. The Morgan fingerprint density at radius 3 is 2.05 bits per heavy atom. The lowest BCUT2D eigenvalue weighted by atomic mass is 9.33. The second-order valence-electron chi connectivity index (χ2n) is 20.5. The van der Waals surface area contributed by atoms with Crippen molar-refractivity contribution in [2.24, 2.45) is 50.2 Å². The van der Waals surface area contributed by atoms with Gasteiger partial charge in [0.2, 0.25) is 6.29 Å². The molecule has 15 heteroatoms. The van der Waals surface area contributed by atoms with Crippen molar-refractivity contribution in [3.05, 3.63) is 11.6 Å². The quantitative estimate of drug-likeness (QED) is 0.100. The standard InChI is InChI=1S/C42H66O15/c1-37(2)13-15-42(36(53)57-34-30(49)27(46)26(45)22(18-43)54-34)16-14-40(5)20(21(42)17-37)7-8-24-38(3)11-10-25(39(4,19-44)23(38)9-12-41(24,40)6)55-35-31(50)28(47)29(48)32(56-35)33(51)52/h7,21-32,34-35,43-50H,8-19H2,1-6H3,(H,51,52)/t21-,22+,23-,24-,25-,26+,27-,28-,29-,30+,31+,32-,34-,35+,38-,39+,40+,41+,42-/m0/s1. The Kier molecular flexibility index (Phi) is 11.2. The van der Waals surface area contributed by atoms with Crippen molar-refractivity contribution in [2.45, 2.75) is 173 Å². The average molecular weight is 811 g/mol. The van der Waals surface area contributed by atoms with Gasteiger partial charge in [-0.05, 0) is 104 Å². The summed E-state index contributed by atoms with van der Waals surface area (Å²) in [5, 5.41) is 93.6. The first-order chi connectivity index (χ1) is 26.5. The number of allylic oxidation sites excluding steroid dienone is 2. The van der Waals surface area contributed by atoms with E-state index in [9.17, 15) is 55.5 Å². The first-order valence-electron chi connectivity index (χ1n) is 21.0. The predicted octanol–water partition coefficient (Wildman–Crippen LogP) is 1.38. The predicted molar refractivity (Wildman–Crippen MR) is 200 cm³/mol. The second kappa shape index (κ2) is 14.7. The van der Waals surface area contributed by atoms with Crippen molar-refractivity contribution in [1.82, 2.24) is 0 Å². The minimum atomic E-state index is -1.84. The molecule has 0 amide bonds. The summed E-state index contributed by atoms with van der Waals surface area (Å²) in [6, 6.07) is 0. The number of carboxylic acids is 1. The van der Waals surface area contributed by atoms with Crippen LogP contribution in [-0.2, 0) is 28.5 Å². The topological polar surface area (TPSA) is 253 Å². The third kappa shape index (κ3) is 6.39. The molecular formula is C42H66O15. The van der Waals surface area contributed by atoms with Gasteiger partial charge in [0.15, 0.2) is 12.4 Å². The fourth-order valence-corrected chi connectivity index (χ4v) is 13.6. The maximum absolute atomic E-state index is 14.6. The van der Waals surface area contributed by atoms with Crippen LogP contribution in [0.4, 0.5) is 0 Å². The molecule has 7 aliphatic rings. The third-order valence-electron chi connectivity index (χ3n) is 17.3. The number of carbonyl (C=O) groups excluding carboxylic acids is 1. The molecule has 2 saturated heterocycles. The van der Waals surface area contributed by atoms with Crippen LogP contribution in [0.1, 0.15) is 106 Å². The number of fused-ring (bicyclic) bond motifs is 7. The maximum Gasteiger partial charge on any atom is 0.335 e. The summed E-state index contributed by atoms with van der Waals surface area (Å²) in [5.74, 6) is -1.98. The van der Waals surface area contributed by atoms with E-state index in [1.54, 1.807) is 0 Å². The smallest absolute Gasteiger partial charge is 0.335 e. The zero-order valence-electron chi connectivity index (χ0n) is 34.1. The van der Waals surface area contributed by atoms with Crippen LogP contribution in [0, 0.1) is 50.2 Å². The SMILES string of the molecule is CC1(C)CC[C@]2(C(=O)O[C@@H]3O[C@H](CO)[C@@H](O)[C@H](O)[C@H]3O)CC[C@]3(C)C(=CC[C@H]4[C@@]5(C)CC[C@H](O[C@@H]6O[C@H](C(=O)O)[C@@H](O)[C@H](O)[C@H]6O)[C@](C)(CO)[C@H]5CC[C@]43C)[C@@H]2C1. The number of aliphatic hydroxyl groups is 8. The third-order valence-corrected chi connectivity index (χ3v) is 17.3. The van der Waals surface area contributed by atoms with Crippen molar-refractivity contribution in [2.75, 3.05) is 13.2 Å². The van der Waals surface area contributed by atoms with Crippen molar-refractivity contribution >= 4 is 11.9 Å². The van der Waals surface area contributed by atoms with E-state index in [-0.39, 0.29) is 46.0 Å². The number of hydrogen-bond acceptors (Lipinski definition) is 14. The number of aliphatic hydroxyl groups excluding tert-OH is 8. The molecule has 324 valence electrons. The van der Waals surface area contributed by atoms with Gasteiger partial charge in [0, 0.05) is 5.41 Å². The van der Waals surface area contributed by atoms with E-state index >= 15 is 0 Å². The minimum Gasteiger partial charge on any atom is -0.479 e. The van der Waals surface area contributed by atoms with E-state index in [0.29, 0.717) is 25.7 Å². The lowest BCUT2D eigenvalue weighted by Gasteiger charge is -2.71. The van der Waals surface area contributed by atoms with Crippen molar-refractivity contribution < 1.29 is 74.5 Å². The van der Waals surface area contributed by atoms with Gasteiger partial charge in [-0.3, -0.25) is 4.79 Å². The fraction of sp³-hybridized carbons (Fsp3) is 0.905. The molecule has 0 radical (unpaired) electrons. The molecule has 7 rings (SSSR count). The van der Waals surface area contributed by atoms with Crippen molar-refractivity contribution in [3.63, 3.8) is 0 Å². The van der Waals surface area contributed by atoms with Gasteiger partial charge < -0.3 is 64.9 Å². The molecule has 19 atom stereocenters. The first-order valence-corrected chi connectivity index (χ1v) is 21.0. The van der Waals surface area contributed by atoms with E-state index in [0.717, 1.165) is 38.5 Å². The van der Waals surface area contributed by atoms with Gasteiger partial charge in [0.05, 0.1) is 24.7 Å². The largest absolute Gasteiger partial charge is 0.479 e. The van der Waals surface area contributed by atoms with E-state index < -0.39 is 96.9 Å². The number of esters is 1. The van der Waals surface area contributed by atoms with E-state index in [1.165, 1.54) is 5.57 Å². The lowest BCUT2D eigenvalue weighted by Crippen LogP contribution is -2.67. The molecule has 9 N–H and O–H groups in total. The van der Waals surface area contributed by atoms with Gasteiger partial charge in [0.25, 0.3) is 0 Å². The number of rotatable bonds is 7. The number of hydrogen-bond donors (Lipinski definition) is 9. The first kappa shape index (κ1) is 43.3. The monoisotopic (exact) mass is 810 g/mol. The summed E-state index contributed by atoms with van der Waals surface area (Å²) in [5.41, 5.74) is -1.27. The van der Waals surface area contributed by atoms with Gasteiger partial charge in [-0.1, -0.05) is 53.2 Å². The normalized spacial score (nSPS) is 53.3. The molecule has 2 aliphatic heterocycles. The highest BCUT2D eigenvalue weighted by atomic mass is 16.7. The van der Waals surface area contributed by atoms with Gasteiger partial charge in [-0.25, -0.2) is 4.79 Å². The van der Waals surface area contributed by atoms with Gasteiger partial charge in [0.1, 0.15) is 42.7 Å². The van der Waals surface area contributed by atoms with Crippen LogP contribution in [0.5, 0.6) is 0 Å². The van der Waals surface area contributed by atoms with Gasteiger partial charge >= 0.3 is 11.9 Å². The Hall–Kier alpha value is -1.76. The molecule has 5 aliphatic carbocycles. The Morgan fingerprint density at radius 2 is 1.40 bits per heavy atom. The molecule has 0 aromatic heterocycles. The van der Waals surface area contributed by atoms with Crippen LogP contribution in [-0.4, -0.2) is 139 Å². The number of carbonyl (C=O) groups is 2. The number of ether oxygens (including phenoxy) is 4. The van der Waals surface area contributed by atoms with E-state index in [2.05, 4.69) is 40.7 Å². The van der Waals surface area contributed by atoms with Crippen molar-refractivity contribution in [3.8, 4) is 0 Å². The van der Waals surface area contributed by atoms with E-state index in [4.69, 9.17) is 18.9 Å². The minimum absolute atomic E-state index is 0.0262. The van der Waals surface area contributed by atoms with Crippen LogP contribution in [0.2, 0.25) is 0 Å². The summed E-state index contributed by atoms with van der Waals surface area (Å²) in [6.07, 6.45) is -7.64. The van der Waals surface area contributed by atoms with Gasteiger partial charge in [-0.15, -0.1) is 0 Å². The molecule has 4 saturated carbocycles. The average Bonchev–Trinajstić information content (AvgIpc) is 3.16. The zero-order valence-corrected chi connectivity index (χ0v) is 34.1. The maximum atomic E-state index is 14.6. The molecule has 57 heavy (non-hydrogen) atoms. The molecule has 2 heterocycles. The Labute approximate surface area is 334 Å². The molecule has 0 aromatic carbocycles. The summed E-state index contributed by atoms with van der Waals surface area (Å²) in [7, 11) is 0. The second-order valence-corrected chi connectivity index (χ2v) is 20.5. The number of carboxylic acid groups (broad SMARTS) is 1. The summed E-state index contributed by atoms with van der Waals surface area (Å²) >= 11 is 0. The molecule has 6 fully saturated rings. The van der Waals surface area contributed by atoms with E-state index in [1.807, 2.05) is 6.92 Å². The van der Waals surface area contributed by atoms with Crippen LogP contribution in [0.3, 0.4) is 0 Å². The Balaban J connectivity index is 1.17. The molecular weight excluding hydrogens is 744 g/mol. The Morgan fingerprint density at radius 1 is 0.754 bits per heavy atom. The lowest BCUT2D eigenvalue weighted by molar-refractivity contribution is -0.327. The summed E-state index contributed by atoms with van der Waals surface area (Å²) in [4.78, 5) is 26.4.